The predicted molar refractivity (Wildman–Crippen MR) is 103 cm³/mol. The second-order valence-corrected chi connectivity index (χ2v) is 13.4. The van der Waals surface area contributed by atoms with E-state index in [4.69, 9.17) is 4.43 Å². The minimum atomic E-state index is -1.91. The van der Waals surface area contributed by atoms with E-state index in [0.29, 0.717) is 17.8 Å². The highest BCUT2D eigenvalue weighted by Gasteiger charge is 2.42. The largest absolute Gasteiger partial charge is 0.412 e. The fourth-order valence-electron chi connectivity index (χ4n) is 2.58. The summed E-state index contributed by atoms with van der Waals surface area (Å²) in [6.07, 6.45) is 2.02. The summed E-state index contributed by atoms with van der Waals surface area (Å²) in [5, 5.41) is 3.19. The lowest BCUT2D eigenvalue weighted by Crippen LogP contribution is -2.53. The van der Waals surface area contributed by atoms with E-state index in [-0.39, 0.29) is 23.1 Å². The number of carbonyl (C=O) groups is 1. The van der Waals surface area contributed by atoms with Crippen molar-refractivity contribution in [2.24, 2.45) is 17.8 Å². The summed E-state index contributed by atoms with van der Waals surface area (Å²) < 4.78 is 6.73. The van der Waals surface area contributed by atoms with Gasteiger partial charge in [0.05, 0.1) is 12.1 Å². The number of amides is 1. The van der Waals surface area contributed by atoms with Gasteiger partial charge in [0.15, 0.2) is 8.32 Å². The molecule has 0 aliphatic heterocycles. The zero-order chi connectivity index (χ0) is 18.6. The Kier molecular flexibility index (Phi) is 8.25. The van der Waals surface area contributed by atoms with E-state index in [1.165, 1.54) is 0 Å². The Balaban J connectivity index is 5.47. The summed E-state index contributed by atoms with van der Waals surface area (Å²) in [6, 6.07) is -0.00362. The Labute approximate surface area is 145 Å². The average Bonchev–Trinajstić information content (AvgIpc) is 2.40. The van der Waals surface area contributed by atoms with Gasteiger partial charge >= 0.3 is 0 Å². The zero-order valence-corrected chi connectivity index (χ0v) is 18.0. The molecule has 5 atom stereocenters. The summed E-state index contributed by atoms with van der Waals surface area (Å²) in [7, 11) is -1.91. The Morgan fingerprint density at radius 2 is 1.61 bits per heavy atom. The van der Waals surface area contributed by atoms with Gasteiger partial charge in [0.25, 0.3) is 0 Å². The van der Waals surface area contributed by atoms with Crippen molar-refractivity contribution in [1.82, 2.24) is 5.32 Å². The minimum absolute atomic E-state index is 0.00189. The first kappa shape index (κ1) is 22.4. The van der Waals surface area contributed by atoms with E-state index in [2.05, 4.69) is 73.5 Å². The van der Waals surface area contributed by atoms with Gasteiger partial charge in [-0.3, -0.25) is 4.79 Å². The van der Waals surface area contributed by atoms with E-state index in [1.54, 1.807) is 6.92 Å². The van der Waals surface area contributed by atoms with Crippen LogP contribution < -0.4 is 5.32 Å². The van der Waals surface area contributed by atoms with Crippen LogP contribution in [0.2, 0.25) is 18.1 Å². The van der Waals surface area contributed by atoms with Gasteiger partial charge in [-0.15, -0.1) is 6.58 Å². The highest BCUT2D eigenvalue weighted by Crippen LogP contribution is 2.39. The molecular weight excluding hydrogens is 302 g/mol. The lowest BCUT2D eigenvalue weighted by Gasteiger charge is -2.44. The maximum atomic E-state index is 11.5. The lowest BCUT2D eigenvalue weighted by atomic mass is 9.80. The zero-order valence-electron chi connectivity index (χ0n) is 17.0. The summed E-state index contributed by atoms with van der Waals surface area (Å²) in [5.74, 6) is 1.19. The third kappa shape index (κ3) is 6.42. The van der Waals surface area contributed by atoms with E-state index in [0.717, 1.165) is 0 Å². The highest BCUT2D eigenvalue weighted by molar-refractivity contribution is 6.74. The number of allylic oxidation sites excluding steroid dienone is 1. The third-order valence-corrected chi connectivity index (χ3v) is 10.2. The molecule has 4 heteroatoms. The summed E-state index contributed by atoms with van der Waals surface area (Å²) in [5.41, 5.74) is 0. The monoisotopic (exact) mass is 341 g/mol. The van der Waals surface area contributed by atoms with Gasteiger partial charge in [0.1, 0.15) is 0 Å². The number of rotatable bonds is 8. The van der Waals surface area contributed by atoms with Gasteiger partial charge in [0, 0.05) is 6.92 Å². The number of hydrogen-bond donors (Lipinski definition) is 1. The molecule has 0 rings (SSSR count). The van der Waals surface area contributed by atoms with Crippen molar-refractivity contribution in [3.63, 3.8) is 0 Å². The topological polar surface area (TPSA) is 38.3 Å². The Bertz CT molecular complexity index is 401. The van der Waals surface area contributed by atoms with E-state index in [1.807, 2.05) is 6.08 Å². The van der Waals surface area contributed by atoms with Crippen LogP contribution in [0, 0.1) is 17.8 Å². The number of nitrogens with one attached hydrogen (secondary N) is 1. The first-order valence-corrected chi connectivity index (χ1v) is 11.7. The molecule has 0 radical (unpaired) electrons. The van der Waals surface area contributed by atoms with E-state index in [9.17, 15) is 4.79 Å². The molecule has 0 fully saturated rings. The van der Waals surface area contributed by atoms with Gasteiger partial charge in [-0.2, -0.15) is 0 Å². The van der Waals surface area contributed by atoms with Gasteiger partial charge in [-0.25, -0.2) is 0 Å². The van der Waals surface area contributed by atoms with Crippen LogP contribution in [0.25, 0.3) is 0 Å². The molecule has 0 aromatic heterocycles. The van der Waals surface area contributed by atoms with Gasteiger partial charge in [-0.05, 0) is 42.8 Å². The Hall–Kier alpha value is -0.613. The van der Waals surface area contributed by atoms with Crippen LogP contribution in [0.5, 0.6) is 0 Å². The van der Waals surface area contributed by atoms with Crippen LogP contribution in [0.3, 0.4) is 0 Å². The summed E-state index contributed by atoms with van der Waals surface area (Å²) >= 11 is 0. The molecule has 0 aromatic rings. The van der Waals surface area contributed by atoms with Crippen LogP contribution in [0.1, 0.15) is 55.4 Å². The van der Waals surface area contributed by atoms with Gasteiger partial charge in [-0.1, -0.05) is 47.6 Å². The Morgan fingerprint density at radius 3 is 1.96 bits per heavy atom. The smallest absolute Gasteiger partial charge is 0.217 e. The SMILES string of the molecule is C=C[C@@H](C)[C@@H](C)[C@H](C)[C@H](O[Si](C)(C)C(C)(C)C)[C@@H](C)NC(C)=O. The molecular formula is C19H39NO2Si. The molecule has 0 aliphatic carbocycles. The molecule has 136 valence electrons. The number of hydrogen-bond acceptors (Lipinski definition) is 2. The van der Waals surface area contributed by atoms with E-state index >= 15 is 0 Å². The quantitative estimate of drug-likeness (QED) is 0.498. The highest BCUT2D eigenvalue weighted by atomic mass is 28.4. The second-order valence-electron chi connectivity index (χ2n) is 8.65. The lowest BCUT2D eigenvalue weighted by molar-refractivity contribution is -0.120. The van der Waals surface area contributed by atoms with Crippen LogP contribution >= 0.6 is 0 Å². The summed E-state index contributed by atoms with van der Waals surface area (Å²) in [4.78, 5) is 11.5. The fourth-order valence-corrected chi connectivity index (χ4v) is 4.03. The summed E-state index contributed by atoms with van der Waals surface area (Å²) in [6.45, 7) is 25.5. The molecule has 0 heterocycles. The molecule has 0 unspecified atom stereocenters. The normalized spacial score (nSPS) is 19.4. The minimum Gasteiger partial charge on any atom is -0.412 e. The maximum Gasteiger partial charge on any atom is 0.217 e. The molecule has 0 saturated heterocycles. The molecule has 0 saturated carbocycles. The van der Waals surface area contributed by atoms with Crippen molar-refractivity contribution in [1.29, 1.82) is 0 Å². The molecule has 1 N–H and O–H groups in total. The van der Waals surface area contributed by atoms with Crippen molar-refractivity contribution in [2.45, 2.75) is 85.7 Å². The van der Waals surface area contributed by atoms with E-state index < -0.39 is 8.32 Å². The van der Waals surface area contributed by atoms with Crippen LogP contribution in [0.15, 0.2) is 12.7 Å². The molecule has 0 bridgehead atoms. The van der Waals surface area contributed by atoms with Crippen molar-refractivity contribution >= 4 is 14.2 Å². The van der Waals surface area contributed by atoms with Crippen LogP contribution in [-0.2, 0) is 9.22 Å². The molecule has 3 nitrogen and oxygen atoms in total. The van der Waals surface area contributed by atoms with Crippen LogP contribution in [-0.4, -0.2) is 26.4 Å². The van der Waals surface area contributed by atoms with Crippen molar-refractivity contribution < 1.29 is 9.22 Å². The first-order valence-electron chi connectivity index (χ1n) is 8.82. The third-order valence-electron chi connectivity index (χ3n) is 5.71. The van der Waals surface area contributed by atoms with Gasteiger partial charge in [0.2, 0.25) is 5.91 Å². The number of carbonyl (C=O) groups excluding carboxylic acids is 1. The van der Waals surface area contributed by atoms with Crippen molar-refractivity contribution in [3.8, 4) is 0 Å². The predicted octanol–water partition coefficient (Wildman–Crippen LogP) is 5.00. The molecule has 23 heavy (non-hydrogen) atoms. The molecule has 0 aliphatic rings. The maximum absolute atomic E-state index is 11.5. The molecule has 0 aromatic carbocycles. The van der Waals surface area contributed by atoms with Crippen molar-refractivity contribution in [3.05, 3.63) is 12.7 Å². The first-order chi connectivity index (χ1) is 10.2. The Morgan fingerprint density at radius 1 is 1.13 bits per heavy atom. The molecule has 0 spiro atoms. The van der Waals surface area contributed by atoms with Crippen LogP contribution in [0.4, 0.5) is 0 Å². The van der Waals surface area contributed by atoms with Crippen molar-refractivity contribution in [2.75, 3.05) is 0 Å². The van der Waals surface area contributed by atoms with Gasteiger partial charge < -0.3 is 9.74 Å². The molecule has 1 amide bonds. The average molecular weight is 342 g/mol. The fraction of sp³-hybridized carbons (Fsp3) is 0.842. The standard InChI is InChI=1S/C19H39NO2Si/c1-12-13(2)14(3)15(4)18(16(5)20-17(6)21)22-23(10,11)19(7,8)9/h12-16,18H,1H2,2-11H3,(H,20,21)/t13-,14-,15+,16-,18+/m1/s1. The second kappa shape index (κ2) is 8.47.